The Morgan fingerprint density at radius 2 is 2.36 bits per heavy atom. The maximum absolute atomic E-state index is 9.98. The fraction of sp³-hybridized carbons (Fsp3) is 0.111. The second kappa shape index (κ2) is 3.66. The molecule has 56 valence electrons. The Bertz CT molecular complexity index is 279. The van der Waals surface area contributed by atoms with E-state index < -0.39 is 0 Å². The van der Waals surface area contributed by atoms with Gasteiger partial charge in [0.05, 0.1) is 0 Å². The van der Waals surface area contributed by atoms with Crippen LogP contribution in [0.5, 0.6) is 0 Å². The molecule has 0 N–H and O–H groups in total. The minimum absolute atomic E-state index is 0.756. The molecule has 0 atom stereocenters. The van der Waals surface area contributed by atoms with Crippen LogP contribution >= 0.6 is 0 Å². The summed E-state index contributed by atoms with van der Waals surface area (Å²) in [6.07, 6.45) is 5.69. The first kappa shape index (κ1) is 7.66. The van der Waals surface area contributed by atoms with Crippen molar-refractivity contribution in [2.75, 3.05) is 0 Å². The van der Waals surface area contributed by atoms with E-state index in [0.717, 1.165) is 17.5 Å². The van der Waals surface area contributed by atoms with Gasteiger partial charge in [-0.2, -0.15) is 0 Å². The number of allylic oxidation sites excluding steroid dienone is 1. The van der Waals surface area contributed by atoms with Gasteiger partial charge in [-0.05, 0) is 30.7 Å². The molecule has 0 bridgehead atoms. The molecule has 1 rings (SSSR count). The predicted molar refractivity (Wildman–Crippen MR) is 44.1 cm³/mol. The normalized spacial score (nSPS) is 10.3. The van der Waals surface area contributed by atoms with Crippen LogP contribution in [0, 0.1) is 6.92 Å². The lowest BCUT2D eigenvalue weighted by Crippen LogP contribution is -1.83. The molecule has 0 amide bonds. The average molecular weight is 147 g/mol. The van der Waals surface area contributed by atoms with Gasteiger partial charge in [0.15, 0.2) is 0 Å². The molecule has 0 aliphatic heterocycles. The second-order valence-electron chi connectivity index (χ2n) is 2.17. The Hall–Kier alpha value is -1.44. The average Bonchev–Trinajstić information content (AvgIpc) is 2.03. The van der Waals surface area contributed by atoms with Crippen LogP contribution in [-0.2, 0) is 4.79 Å². The third kappa shape index (κ3) is 2.00. The van der Waals surface area contributed by atoms with Gasteiger partial charge in [0.25, 0.3) is 0 Å². The summed E-state index contributed by atoms with van der Waals surface area (Å²) >= 11 is 0. The summed E-state index contributed by atoms with van der Waals surface area (Å²) in [7, 11) is 0. The van der Waals surface area contributed by atoms with Crippen LogP contribution in [0.1, 0.15) is 11.3 Å². The van der Waals surface area contributed by atoms with E-state index in [2.05, 4.69) is 4.98 Å². The number of carbonyl (C=O) groups is 1. The molecule has 0 radical (unpaired) electrons. The molecule has 2 heteroatoms. The summed E-state index contributed by atoms with van der Waals surface area (Å²) < 4.78 is 0. The quantitative estimate of drug-likeness (QED) is 0.469. The lowest BCUT2D eigenvalue weighted by Gasteiger charge is -1.94. The van der Waals surface area contributed by atoms with Gasteiger partial charge in [-0.3, -0.25) is 9.78 Å². The molecule has 1 aromatic heterocycles. The molecule has 0 unspecified atom stereocenters. The minimum Gasteiger partial charge on any atom is -0.299 e. The smallest absolute Gasteiger partial charge is 0.142 e. The largest absolute Gasteiger partial charge is 0.299 e. The molecule has 2 nitrogen and oxygen atoms in total. The second-order valence-corrected chi connectivity index (χ2v) is 2.17. The number of rotatable bonds is 2. The Morgan fingerprint density at radius 1 is 1.55 bits per heavy atom. The molecule has 11 heavy (non-hydrogen) atoms. The van der Waals surface area contributed by atoms with Crippen LogP contribution in [0.2, 0.25) is 0 Å². The fourth-order valence-electron chi connectivity index (χ4n) is 0.816. The summed E-state index contributed by atoms with van der Waals surface area (Å²) in [6.45, 7) is 1.91. The zero-order chi connectivity index (χ0) is 8.10. The zero-order valence-electron chi connectivity index (χ0n) is 6.32. The molecule has 0 spiro atoms. The Labute approximate surface area is 65.6 Å². The van der Waals surface area contributed by atoms with Crippen molar-refractivity contribution in [1.82, 2.24) is 4.98 Å². The molecule has 1 aromatic rings. The molecule has 0 aromatic carbocycles. The minimum atomic E-state index is 0.756. The molecular formula is C9H9NO. The van der Waals surface area contributed by atoms with Crippen LogP contribution in [0.25, 0.3) is 6.08 Å². The van der Waals surface area contributed by atoms with E-state index in [1.807, 2.05) is 19.1 Å². The summed E-state index contributed by atoms with van der Waals surface area (Å²) in [5.41, 5.74) is 1.92. The van der Waals surface area contributed by atoms with E-state index in [-0.39, 0.29) is 0 Å². The van der Waals surface area contributed by atoms with Gasteiger partial charge in [0.1, 0.15) is 6.29 Å². The lowest BCUT2D eigenvalue weighted by atomic mass is 10.2. The Morgan fingerprint density at radius 3 is 3.00 bits per heavy atom. The van der Waals surface area contributed by atoms with E-state index in [9.17, 15) is 4.79 Å². The Kier molecular flexibility index (Phi) is 2.55. The summed E-state index contributed by atoms with van der Waals surface area (Å²) in [4.78, 5) is 14.0. The topological polar surface area (TPSA) is 30.0 Å². The highest BCUT2D eigenvalue weighted by Gasteiger charge is 1.90. The zero-order valence-corrected chi connectivity index (χ0v) is 6.32. The van der Waals surface area contributed by atoms with Crippen LogP contribution in [0.4, 0.5) is 0 Å². The van der Waals surface area contributed by atoms with Gasteiger partial charge >= 0.3 is 0 Å². The van der Waals surface area contributed by atoms with E-state index in [4.69, 9.17) is 0 Å². The number of hydrogen-bond acceptors (Lipinski definition) is 2. The molecule has 0 saturated heterocycles. The number of carbonyl (C=O) groups excluding carboxylic acids is 1. The standard InChI is InChI=1S/C9H9NO/c1-8-9(5-3-7-11)4-2-6-10-8/h2-7H,1H3. The van der Waals surface area contributed by atoms with Gasteiger partial charge in [0.2, 0.25) is 0 Å². The van der Waals surface area contributed by atoms with Crippen LogP contribution in [0.15, 0.2) is 24.4 Å². The summed E-state index contributed by atoms with van der Waals surface area (Å²) in [5, 5.41) is 0. The maximum Gasteiger partial charge on any atom is 0.142 e. The van der Waals surface area contributed by atoms with Gasteiger partial charge < -0.3 is 0 Å². The molecular weight excluding hydrogens is 138 g/mol. The number of aromatic nitrogens is 1. The highest BCUT2D eigenvalue weighted by molar-refractivity contribution is 5.74. The monoisotopic (exact) mass is 147 g/mol. The maximum atomic E-state index is 9.98. The van der Waals surface area contributed by atoms with Crippen molar-refractivity contribution in [1.29, 1.82) is 0 Å². The van der Waals surface area contributed by atoms with E-state index in [1.54, 1.807) is 12.3 Å². The van der Waals surface area contributed by atoms with Crippen LogP contribution in [0.3, 0.4) is 0 Å². The SMILES string of the molecule is Cc1ncccc1C=CC=O. The highest BCUT2D eigenvalue weighted by Crippen LogP contribution is 2.04. The van der Waals surface area contributed by atoms with Crippen molar-refractivity contribution >= 4 is 12.4 Å². The highest BCUT2D eigenvalue weighted by atomic mass is 16.1. The number of aldehydes is 1. The van der Waals surface area contributed by atoms with Gasteiger partial charge in [-0.25, -0.2) is 0 Å². The van der Waals surface area contributed by atoms with Gasteiger partial charge in [-0.1, -0.05) is 6.07 Å². The molecule has 0 aliphatic rings. The number of nitrogens with zero attached hydrogens (tertiary/aromatic N) is 1. The van der Waals surface area contributed by atoms with Crippen molar-refractivity contribution in [2.24, 2.45) is 0 Å². The summed E-state index contributed by atoms with van der Waals surface area (Å²) in [5.74, 6) is 0. The first-order valence-electron chi connectivity index (χ1n) is 3.38. The lowest BCUT2D eigenvalue weighted by molar-refractivity contribution is -0.104. The van der Waals surface area contributed by atoms with Crippen molar-refractivity contribution in [3.8, 4) is 0 Å². The van der Waals surface area contributed by atoms with E-state index >= 15 is 0 Å². The molecule has 0 aliphatic carbocycles. The van der Waals surface area contributed by atoms with Crippen molar-refractivity contribution in [3.63, 3.8) is 0 Å². The summed E-state index contributed by atoms with van der Waals surface area (Å²) in [6, 6.07) is 3.76. The number of aryl methyl sites for hydroxylation is 1. The first-order chi connectivity index (χ1) is 5.34. The van der Waals surface area contributed by atoms with Crippen molar-refractivity contribution in [2.45, 2.75) is 6.92 Å². The predicted octanol–water partition coefficient (Wildman–Crippen LogP) is 1.60. The Balaban J connectivity index is 2.94. The first-order valence-corrected chi connectivity index (χ1v) is 3.38. The van der Waals surface area contributed by atoms with Gasteiger partial charge in [0, 0.05) is 11.9 Å². The van der Waals surface area contributed by atoms with Crippen molar-refractivity contribution < 1.29 is 4.79 Å². The van der Waals surface area contributed by atoms with Crippen LogP contribution < -0.4 is 0 Å². The van der Waals surface area contributed by atoms with Crippen molar-refractivity contribution in [3.05, 3.63) is 35.7 Å². The van der Waals surface area contributed by atoms with E-state index in [1.165, 1.54) is 6.08 Å². The number of pyridine rings is 1. The third-order valence-electron chi connectivity index (χ3n) is 1.40. The number of hydrogen-bond donors (Lipinski definition) is 0. The fourth-order valence-corrected chi connectivity index (χ4v) is 0.816. The molecule has 0 fully saturated rings. The third-order valence-corrected chi connectivity index (χ3v) is 1.40. The van der Waals surface area contributed by atoms with E-state index in [0.29, 0.717) is 0 Å². The molecule has 1 heterocycles. The van der Waals surface area contributed by atoms with Crippen LogP contribution in [-0.4, -0.2) is 11.3 Å². The molecule has 0 saturated carbocycles. The van der Waals surface area contributed by atoms with Gasteiger partial charge in [-0.15, -0.1) is 0 Å².